The number of rotatable bonds is 2. The number of carbonyl (C=O) groups excluding carboxylic acids is 1. The van der Waals surface area contributed by atoms with Crippen molar-refractivity contribution >= 4 is 29.1 Å². The fraction of sp³-hybridized carbons (Fsp3) is 0.200. The van der Waals surface area contributed by atoms with Crippen LogP contribution in [0.15, 0.2) is 18.2 Å². The predicted octanol–water partition coefficient (Wildman–Crippen LogP) is 2.59. The van der Waals surface area contributed by atoms with Crippen molar-refractivity contribution in [2.24, 2.45) is 0 Å². The Bertz CT molecular complexity index is 426. The zero-order chi connectivity index (χ0) is 11.4. The maximum absolute atomic E-state index is 11.7. The van der Waals surface area contributed by atoms with E-state index in [9.17, 15) is 4.79 Å². The molecule has 0 aliphatic carbocycles. The van der Waals surface area contributed by atoms with Crippen molar-refractivity contribution < 1.29 is 4.79 Å². The average molecular weight is 243 g/mol. The van der Waals surface area contributed by atoms with Crippen molar-refractivity contribution in [3.63, 3.8) is 0 Å². The molecule has 0 saturated carbocycles. The van der Waals surface area contributed by atoms with E-state index in [4.69, 9.17) is 28.5 Å². The van der Waals surface area contributed by atoms with E-state index in [1.165, 1.54) is 11.0 Å². The number of nitrogens with zero attached hydrogens (tertiary/aromatic N) is 2. The second-order valence-electron chi connectivity index (χ2n) is 2.95. The zero-order valence-electron chi connectivity index (χ0n) is 8.00. The van der Waals surface area contributed by atoms with E-state index in [-0.39, 0.29) is 12.5 Å². The Balaban J connectivity index is 2.93. The largest absolute Gasteiger partial charge is 0.328 e. The summed E-state index contributed by atoms with van der Waals surface area (Å²) in [5.74, 6) is -0.255. The maximum Gasteiger partial charge on any atom is 0.254 e. The van der Waals surface area contributed by atoms with Crippen molar-refractivity contribution in [2.75, 3.05) is 13.6 Å². The smallest absolute Gasteiger partial charge is 0.254 e. The topological polar surface area (TPSA) is 44.1 Å². The van der Waals surface area contributed by atoms with Crippen LogP contribution >= 0.6 is 23.2 Å². The van der Waals surface area contributed by atoms with E-state index in [2.05, 4.69) is 0 Å². The van der Waals surface area contributed by atoms with Gasteiger partial charge in [-0.05, 0) is 18.2 Å². The first-order valence-corrected chi connectivity index (χ1v) is 4.89. The van der Waals surface area contributed by atoms with Gasteiger partial charge >= 0.3 is 0 Å². The molecule has 1 rings (SSSR count). The van der Waals surface area contributed by atoms with Crippen LogP contribution in [0.2, 0.25) is 10.0 Å². The van der Waals surface area contributed by atoms with Gasteiger partial charge in [0.25, 0.3) is 5.91 Å². The van der Waals surface area contributed by atoms with Crippen LogP contribution in [0.4, 0.5) is 0 Å². The molecule has 0 aromatic heterocycles. The van der Waals surface area contributed by atoms with Gasteiger partial charge in [-0.3, -0.25) is 4.79 Å². The summed E-state index contributed by atoms with van der Waals surface area (Å²) in [5.41, 5.74) is 0.419. The summed E-state index contributed by atoms with van der Waals surface area (Å²) in [7, 11) is 1.55. The first-order chi connectivity index (χ1) is 7.06. The summed E-state index contributed by atoms with van der Waals surface area (Å²) in [6, 6.07) is 6.50. The fourth-order valence-corrected chi connectivity index (χ4v) is 1.33. The predicted molar refractivity (Wildman–Crippen MR) is 59.0 cm³/mol. The van der Waals surface area contributed by atoms with Gasteiger partial charge in [-0.2, -0.15) is 5.26 Å². The average Bonchev–Trinajstić information content (AvgIpc) is 2.21. The van der Waals surface area contributed by atoms with Crippen LogP contribution in [-0.4, -0.2) is 24.4 Å². The lowest BCUT2D eigenvalue weighted by molar-refractivity contribution is 0.0812. The van der Waals surface area contributed by atoms with Crippen LogP contribution in [0, 0.1) is 11.3 Å². The Labute approximate surface area is 97.8 Å². The molecule has 0 unspecified atom stereocenters. The summed E-state index contributed by atoms with van der Waals surface area (Å²) in [4.78, 5) is 13.0. The van der Waals surface area contributed by atoms with Gasteiger partial charge in [0.05, 0.1) is 16.1 Å². The van der Waals surface area contributed by atoms with E-state index < -0.39 is 0 Å². The fourth-order valence-electron chi connectivity index (χ4n) is 1.03. The molecular weight excluding hydrogens is 235 g/mol. The lowest BCUT2D eigenvalue weighted by atomic mass is 10.2. The number of benzene rings is 1. The minimum atomic E-state index is -0.255. The number of amides is 1. The summed E-state index contributed by atoms with van der Waals surface area (Å²) < 4.78 is 0. The lowest BCUT2D eigenvalue weighted by Crippen LogP contribution is -2.26. The number of carbonyl (C=O) groups is 1. The quantitative estimate of drug-likeness (QED) is 0.749. The molecular formula is C10H8Cl2N2O. The number of halogens is 2. The SMILES string of the molecule is CN(CC#N)C(=O)c1ccc(Cl)c(Cl)c1. The Kier molecular flexibility index (Phi) is 3.96. The van der Waals surface area contributed by atoms with Crippen molar-refractivity contribution in [3.05, 3.63) is 33.8 Å². The molecule has 1 aromatic rings. The third-order valence-corrected chi connectivity index (χ3v) is 2.56. The molecule has 0 radical (unpaired) electrons. The first-order valence-electron chi connectivity index (χ1n) is 4.13. The highest BCUT2D eigenvalue weighted by Gasteiger charge is 2.12. The van der Waals surface area contributed by atoms with E-state index in [1.807, 2.05) is 6.07 Å². The molecule has 0 atom stereocenters. The molecule has 3 nitrogen and oxygen atoms in total. The molecule has 0 bridgehead atoms. The summed E-state index contributed by atoms with van der Waals surface area (Å²) in [6.45, 7) is 0.0408. The summed E-state index contributed by atoms with van der Waals surface area (Å²) in [6.07, 6.45) is 0. The number of nitriles is 1. The molecule has 0 aliphatic heterocycles. The van der Waals surface area contributed by atoms with Crippen molar-refractivity contribution in [2.45, 2.75) is 0 Å². The van der Waals surface area contributed by atoms with Crippen LogP contribution in [0.1, 0.15) is 10.4 Å². The molecule has 0 heterocycles. The van der Waals surface area contributed by atoms with Crippen molar-refractivity contribution in [1.29, 1.82) is 5.26 Å². The third kappa shape index (κ3) is 2.85. The van der Waals surface area contributed by atoms with Gasteiger partial charge in [-0.1, -0.05) is 23.2 Å². The van der Waals surface area contributed by atoms with Gasteiger partial charge in [-0.15, -0.1) is 0 Å². The third-order valence-electron chi connectivity index (χ3n) is 1.82. The molecule has 0 saturated heterocycles. The normalized spacial score (nSPS) is 9.47. The second-order valence-corrected chi connectivity index (χ2v) is 3.76. The Morgan fingerprint density at radius 3 is 2.67 bits per heavy atom. The lowest BCUT2D eigenvalue weighted by Gasteiger charge is -2.13. The molecule has 5 heteroatoms. The molecule has 0 spiro atoms. The van der Waals surface area contributed by atoms with Gasteiger partial charge in [0, 0.05) is 12.6 Å². The summed E-state index contributed by atoms with van der Waals surface area (Å²) >= 11 is 11.5. The van der Waals surface area contributed by atoms with Crippen LogP contribution in [0.5, 0.6) is 0 Å². The molecule has 0 N–H and O–H groups in total. The van der Waals surface area contributed by atoms with Gasteiger partial charge in [0.15, 0.2) is 0 Å². The first kappa shape index (κ1) is 11.8. The Morgan fingerprint density at radius 2 is 2.13 bits per heavy atom. The van der Waals surface area contributed by atoms with E-state index in [0.717, 1.165) is 0 Å². The van der Waals surface area contributed by atoms with E-state index >= 15 is 0 Å². The minimum Gasteiger partial charge on any atom is -0.328 e. The van der Waals surface area contributed by atoms with E-state index in [0.29, 0.717) is 15.6 Å². The Morgan fingerprint density at radius 1 is 1.47 bits per heavy atom. The van der Waals surface area contributed by atoms with Crippen molar-refractivity contribution in [1.82, 2.24) is 4.90 Å². The van der Waals surface area contributed by atoms with Gasteiger partial charge in [0.2, 0.25) is 0 Å². The number of hydrogen-bond donors (Lipinski definition) is 0. The van der Waals surface area contributed by atoms with E-state index in [1.54, 1.807) is 19.2 Å². The highest BCUT2D eigenvalue weighted by molar-refractivity contribution is 6.42. The minimum absolute atomic E-state index is 0.0408. The molecule has 0 aliphatic rings. The highest BCUT2D eigenvalue weighted by atomic mass is 35.5. The highest BCUT2D eigenvalue weighted by Crippen LogP contribution is 2.22. The standard InChI is InChI=1S/C10H8Cl2N2O/c1-14(5-4-13)10(15)7-2-3-8(11)9(12)6-7/h2-3,6H,5H2,1H3. The zero-order valence-corrected chi connectivity index (χ0v) is 9.51. The van der Waals surface area contributed by atoms with Gasteiger partial charge < -0.3 is 4.90 Å². The van der Waals surface area contributed by atoms with Crippen LogP contribution in [0.3, 0.4) is 0 Å². The van der Waals surface area contributed by atoms with Gasteiger partial charge in [0.1, 0.15) is 6.54 Å². The summed E-state index contributed by atoms with van der Waals surface area (Å²) in [5, 5.41) is 9.17. The van der Waals surface area contributed by atoms with Crippen molar-refractivity contribution in [3.8, 4) is 6.07 Å². The van der Waals surface area contributed by atoms with Crippen LogP contribution in [-0.2, 0) is 0 Å². The monoisotopic (exact) mass is 242 g/mol. The molecule has 15 heavy (non-hydrogen) atoms. The molecule has 1 aromatic carbocycles. The molecule has 0 fully saturated rings. The van der Waals surface area contributed by atoms with Crippen LogP contribution in [0.25, 0.3) is 0 Å². The number of hydrogen-bond acceptors (Lipinski definition) is 2. The maximum atomic E-state index is 11.7. The Hall–Kier alpha value is -1.24. The molecule has 78 valence electrons. The van der Waals surface area contributed by atoms with Crippen LogP contribution < -0.4 is 0 Å². The van der Waals surface area contributed by atoms with Gasteiger partial charge in [-0.25, -0.2) is 0 Å². The molecule has 1 amide bonds. The second kappa shape index (κ2) is 5.01.